The molecular formula is C21H25N4O5PS. The number of aromatic nitrogens is 3. The lowest BCUT2D eigenvalue weighted by molar-refractivity contribution is 0.0970. The van der Waals surface area contributed by atoms with Crippen molar-refractivity contribution in [1.82, 2.24) is 14.8 Å². The Kier molecular flexibility index (Phi) is 7.15. The number of hydrogen-bond donors (Lipinski definition) is 2. The molecule has 0 spiro atoms. The summed E-state index contributed by atoms with van der Waals surface area (Å²) < 4.78 is 6.54. The quantitative estimate of drug-likeness (QED) is 0.376. The molecule has 1 aliphatic heterocycles. The van der Waals surface area contributed by atoms with E-state index in [2.05, 4.69) is 15.0 Å². The molecule has 0 amide bonds. The second-order valence-electron chi connectivity index (χ2n) is 7.78. The SMILES string of the molecule is COc1cc2cnn(CC(=O)c3cccs3)c(=O)c2c(N2CCC(CCP(O)O)CC2)n1. The number of Topliss-reactive ketones (excluding diaryl/α,β-unsaturated/α-hetero) is 1. The highest BCUT2D eigenvalue weighted by Gasteiger charge is 2.25. The largest absolute Gasteiger partial charge is 0.481 e. The number of ether oxygens (including phenoxy) is 1. The molecule has 11 heteroatoms. The van der Waals surface area contributed by atoms with Crippen LogP contribution in [0.4, 0.5) is 5.82 Å². The van der Waals surface area contributed by atoms with Gasteiger partial charge in [-0.15, -0.1) is 11.3 Å². The molecule has 9 nitrogen and oxygen atoms in total. The van der Waals surface area contributed by atoms with Gasteiger partial charge in [-0.25, -0.2) is 4.68 Å². The number of methoxy groups -OCH3 is 1. The number of carbonyl (C=O) groups is 1. The number of nitrogens with zero attached hydrogens (tertiary/aromatic N) is 4. The van der Waals surface area contributed by atoms with Crippen LogP contribution in [0.5, 0.6) is 5.88 Å². The van der Waals surface area contributed by atoms with Crippen LogP contribution in [-0.4, -0.2) is 56.7 Å². The monoisotopic (exact) mass is 476 g/mol. The first-order valence-electron chi connectivity index (χ1n) is 10.4. The van der Waals surface area contributed by atoms with E-state index < -0.39 is 8.38 Å². The van der Waals surface area contributed by atoms with Crippen molar-refractivity contribution in [2.75, 3.05) is 31.3 Å². The van der Waals surface area contributed by atoms with E-state index in [1.54, 1.807) is 24.4 Å². The van der Waals surface area contributed by atoms with Crippen molar-refractivity contribution in [2.24, 2.45) is 5.92 Å². The van der Waals surface area contributed by atoms with Crippen LogP contribution < -0.4 is 15.2 Å². The second-order valence-corrected chi connectivity index (χ2v) is 9.91. The highest BCUT2D eigenvalue weighted by molar-refractivity contribution is 7.45. The average molecular weight is 476 g/mol. The number of ketones is 1. The molecule has 0 aliphatic carbocycles. The number of thiophene rings is 1. The van der Waals surface area contributed by atoms with E-state index in [4.69, 9.17) is 4.74 Å². The van der Waals surface area contributed by atoms with Gasteiger partial charge in [-0.2, -0.15) is 10.1 Å². The molecule has 0 atom stereocenters. The van der Waals surface area contributed by atoms with E-state index >= 15 is 0 Å². The fraction of sp³-hybridized carbons (Fsp3) is 0.429. The number of fused-ring (bicyclic) bond motifs is 1. The van der Waals surface area contributed by atoms with Crippen molar-refractivity contribution < 1.29 is 19.3 Å². The summed E-state index contributed by atoms with van der Waals surface area (Å²) in [6.45, 7) is 1.27. The third-order valence-corrected chi connectivity index (χ3v) is 7.31. The molecule has 0 saturated carbocycles. The highest BCUT2D eigenvalue weighted by Crippen LogP contribution is 2.33. The molecule has 3 aromatic rings. The van der Waals surface area contributed by atoms with Crippen LogP contribution in [0.25, 0.3) is 10.8 Å². The van der Waals surface area contributed by atoms with Crippen LogP contribution in [0.1, 0.15) is 28.9 Å². The van der Waals surface area contributed by atoms with Crippen LogP contribution in [0.2, 0.25) is 0 Å². The summed E-state index contributed by atoms with van der Waals surface area (Å²) in [5.41, 5.74) is -0.356. The number of piperidine rings is 1. The standard InChI is InChI=1S/C21H25N4O5PS/c1-30-18-11-15-12-22-25(13-16(26)17-3-2-10-32-17)21(27)19(15)20(23-18)24-7-4-14(5-8-24)6-9-31(28)29/h2-3,10-12,14,28-29H,4-9,13H2,1H3. The zero-order valence-corrected chi connectivity index (χ0v) is 19.4. The summed E-state index contributed by atoms with van der Waals surface area (Å²) in [4.78, 5) is 51.5. The van der Waals surface area contributed by atoms with Gasteiger partial charge in [0.15, 0.2) is 14.2 Å². The van der Waals surface area contributed by atoms with Crippen molar-refractivity contribution in [1.29, 1.82) is 0 Å². The Hall–Kier alpha value is -2.39. The number of anilines is 1. The Morgan fingerprint density at radius 2 is 2.12 bits per heavy atom. The summed E-state index contributed by atoms with van der Waals surface area (Å²) >= 11 is 1.34. The summed E-state index contributed by atoms with van der Waals surface area (Å²) in [6, 6.07) is 5.21. The van der Waals surface area contributed by atoms with Gasteiger partial charge in [0, 0.05) is 30.7 Å². The lowest BCUT2D eigenvalue weighted by Gasteiger charge is -2.33. The minimum absolute atomic E-state index is 0.131. The average Bonchev–Trinajstić information content (AvgIpc) is 3.34. The van der Waals surface area contributed by atoms with E-state index in [1.165, 1.54) is 23.1 Å². The van der Waals surface area contributed by atoms with Crippen molar-refractivity contribution in [3.05, 3.63) is 45.0 Å². The van der Waals surface area contributed by atoms with Gasteiger partial charge in [-0.1, -0.05) is 6.07 Å². The van der Waals surface area contributed by atoms with Crippen molar-refractivity contribution in [3.63, 3.8) is 0 Å². The number of hydrogen-bond acceptors (Lipinski definition) is 9. The molecule has 0 aromatic carbocycles. The van der Waals surface area contributed by atoms with Gasteiger partial charge >= 0.3 is 0 Å². The molecule has 1 saturated heterocycles. The zero-order valence-electron chi connectivity index (χ0n) is 17.7. The van der Waals surface area contributed by atoms with Crippen LogP contribution in [0.3, 0.4) is 0 Å². The van der Waals surface area contributed by atoms with Crippen LogP contribution in [0, 0.1) is 5.92 Å². The van der Waals surface area contributed by atoms with E-state index in [0.29, 0.717) is 52.5 Å². The van der Waals surface area contributed by atoms with Crippen molar-refractivity contribution in [3.8, 4) is 5.88 Å². The van der Waals surface area contributed by atoms with Gasteiger partial charge < -0.3 is 19.4 Å². The van der Waals surface area contributed by atoms with E-state index in [0.717, 1.165) is 19.3 Å². The Morgan fingerprint density at radius 1 is 1.34 bits per heavy atom. The molecule has 1 fully saturated rings. The van der Waals surface area contributed by atoms with Gasteiger partial charge in [-0.3, -0.25) is 9.59 Å². The Morgan fingerprint density at radius 3 is 2.78 bits per heavy atom. The summed E-state index contributed by atoms with van der Waals surface area (Å²) in [5, 5.41) is 7.07. The fourth-order valence-electron chi connectivity index (χ4n) is 3.99. The molecule has 0 bridgehead atoms. The molecule has 4 rings (SSSR count). The van der Waals surface area contributed by atoms with Crippen LogP contribution in [-0.2, 0) is 6.54 Å². The lowest BCUT2D eigenvalue weighted by Crippen LogP contribution is -2.36. The first kappa shape index (κ1) is 22.8. The normalized spacial score (nSPS) is 14.9. The molecule has 0 radical (unpaired) electrons. The van der Waals surface area contributed by atoms with Gasteiger partial charge in [0.05, 0.1) is 23.6 Å². The Labute approximate surface area is 190 Å². The predicted octanol–water partition coefficient (Wildman–Crippen LogP) is 2.65. The van der Waals surface area contributed by atoms with E-state index in [1.807, 2.05) is 5.38 Å². The van der Waals surface area contributed by atoms with Crippen molar-refractivity contribution in [2.45, 2.75) is 25.8 Å². The minimum Gasteiger partial charge on any atom is -0.481 e. The molecule has 0 unspecified atom stereocenters. The maximum Gasteiger partial charge on any atom is 0.278 e. The molecule has 32 heavy (non-hydrogen) atoms. The van der Waals surface area contributed by atoms with E-state index in [9.17, 15) is 19.4 Å². The summed E-state index contributed by atoms with van der Waals surface area (Å²) in [6.07, 6.45) is 4.53. The van der Waals surface area contributed by atoms with Gasteiger partial charge in [0.25, 0.3) is 5.56 Å². The second kappa shape index (κ2) is 10.0. The molecule has 3 aromatic heterocycles. The number of rotatable bonds is 8. The fourth-order valence-corrected chi connectivity index (χ4v) is 5.24. The van der Waals surface area contributed by atoms with Gasteiger partial charge in [0.2, 0.25) is 5.88 Å². The van der Waals surface area contributed by atoms with E-state index in [-0.39, 0.29) is 17.9 Å². The Bertz CT molecular complexity index is 1140. The maximum atomic E-state index is 13.3. The smallest absolute Gasteiger partial charge is 0.278 e. The van der Waals surface area contributed by atoms with Crippen LogP contribution in [0.15, 0.2) is 34.6 Å². The predicted molar refractivity (Wildman–Crippen MR) is 125 cm³/mol. The molecule has 4 heterocycles. The molecule has 2 N–H and O–H groups in total. The first-order valence-corrected chi connectivity index (χ1v) is 12.7. The zero-order chi connectivity index (χ0) is 22.7. The third kappa shape index (κ3) is 4.99. The summed E-state index contributed by atoms with van der Waals surface area (Å²) in [7, 11) is -0.332. The molecular weight excluding hydrogens is 451 g/mol. The number of pyridine rings is 1. The van der Waals surface area contributed by atoms with Crippen molar-refractivity contribution >= 4 is 42.1 Å². The minimum atomic E-state index is -1.86. The van der Waals surface area contributed by atoms with Gasteiger partial charge in [0.1, 0.15) is 12.4 Å². The van der Waals surface area contributed by atoms with Crippen LogP contribution >= 0.6 is 19.7 Å². The molecule has 170 valence electrons. The first-order chi connectivity index (χ1) is 15.5. The van der Waals surface area contributed by atoms with Gasteiger partial charge in [-0.05, 0) is 36.6 Å². The summed E-state index contributed by atoms with van der Waals surface area (Å²) in [5.74, 6) is 1.18. The Balaban J connectivity index is 1.64. The molecule has 1 aliphatic rings. The highest BCUT2D eigenvalue weighted by atomic mass is 32.1. The lowest BCUT2D eigenvalue weighted by atomic mass is 9.94. The topological polar surface area (TPSA) is 118 Å². The number of carbonyl (C=O) groups excluding carboxylic acids is 1. The third-order valence-electron chi connectivity index (χ3n) is 5.74. The maximum absolute atomic E-state index is 13.3.